The van der Waals surface area contributed by atoms with Gasteiger partial charge in [0.1, 0.15) is 10.9 Å². The topological polar surface area (TPSA) is 80.2 Å². The van der Waals surface area contributed by atoms with Crippen molar-refractivity contribution < 1.29 is 0 Å². The van der Waals surface area contributed by atoms with E-state index in [2.05, 4.69) is 50.9 Å². The van der Waals surface area contributed by atoms with Crippen LogP contribution in [0.15, 0.2) is 47.0 Å². The molecule has 0 aliphatic heterocycles. The Hall–Kier alpha value is -2.28. The molecule has 0 spiro atoms. The highest BCUT2D eigenvalue weighted by atomic mass is 32.2. The smallest absolute Gasteiger partial charge is 0.215 e. The van der Waals surface area contributed by atoms with Crippen LogP contribution in [0.1, 0.15) is 26.6 Å². The van der Waals surface area contributed by atoms with Gasteiger partial charge in [-0.3, -0.25) is 10.1 Å². The van der Waals surface area contributed by atoms with Crippen LogP contribution in [0, 0.1) is 0 Å². The van der Waals surface area contributed by atoms with Gasteiger partial charge in [0, 0.05) is 29.6 Å². The number of nitrogens with zero attached hydrogens (tertiary/aromatic N) is 5. The van der Waals surface area contributed by atoms with Crippen molar-refractivity contribution in [1.29, 1.82) is 0 Å². The Kier molecular flexibility index (Phi) is 3.89. The molecular formula is C15H16N6S. The van der Waals surface area contributed by atoms with E-state index < -0.39 is 0 Å². The first-order valence-electron chi connectivity index (χ1n) is 6.86. The minimum atomic E-state index is -0.0855. The maximum absolute atomic E-state index is 4.57. The van der Waals surface area contributed by atoms with Crippen LogP contribution in [0.4, 0.5) is 0 Å². The Labute approximate surface area is 132 Å². The molecule has 0 bridgehead atoms. The summed E-state index contributed by atoms with van der Waals surface area (Å²) in [7, 11) is 0. The van der Waals surface area contributed by atoms with Crippen molar-refractivity contribution in [2.75, 3.05) is 0 Å². The fourth-order valence-electron chi connectivity index (χ4n) is 1.78. The van der Waals surface area contributed by atoms with Crippen LogP contribution in [0.25, 0.3) is 11.4 Å². The van der Waals surface area contributed by atoms with E-state index in [1.807, 2.05) is 18.2 Å². The summed E-state index contributed by atoms with van der Waals surface area (Å²) in [5.41, 5.74) is 0.866. The molecule has 22 heavy (non-hydrogen) atoms. The van der Waals surface area contributed by atoms with E-state index >= 15 is 0 Å². The van der Waals surface area contributed by atoms with Crippen LogP contribution in [0.5, 0.6) is 0 Å². The van der Waals surface area contributed by atoms with E-state index in [1.54, 1.807) is 18.6 Å². The van der Waals surface area contributed by atoms with Crippen LogP contribution in [-0.4, -0.2) is 30.1 Å². The number of hydrogen-bond acceptors (Lipinski definition) is 6. The van der Waals surface area contributed by atoms with Crippen LogP contribution in [-0.2, 0) is 5.41 Å². The monoisotopic (exact) mass is 312 g/mol. The molecule has 112 valence electrons. The molecule has 0 saturated heterocycles. The summed E-state index contributed by atoms with van der Waals surface area (Å²) in [6, 6.07) is 5.64. The van der Waals surface area contributed by atoms with Gasteiger partial charge in [0.15, 0.2) is 5.82 Å². The van der Waals surface area contributed by atoms with Crippen molar-refractivity contribution in [3.8, 4) is 11.4 Å². The van der Waals surface area contributed by atoms with Crippen LogP contribution in [0.3, 0.4) is 0 Å². The molecule has 0 aliphatic carbocycles. The van der Waals surface area contributed by atoms with Crippen molar-refractivity contribution in [1.82, 2.24) is 30.1 Å². The third-order valence-corrected chi connectivity index (χ3v) is 3.72. The van der Waals surface area contributed by atoms with Gasteiger partial charge in [-0.2, -0.15) is 0 Å². The maximum Gasteiger partial charge on any atom is 0.215 e. The van der Waals surface area contributed by atoms with Crippen LogP contribution >= 0.6 is 11.8 Å². The third kappa shape index (κ3) is 3.30. The Balaban J connectivity index is 1.81. The molecule has 0 saturated carbocycles. The molecule has 7 heteroatoms. The molecule has 6 nitrogen and oxygen atoms in total. The van der Waals surface area contributed by atoms with E-state index in [4.69, 9.17) is 0 Å². The zero-order valence-corrected chi connectivity index (χ0v) is 13.4. The average molecular weight is 312 g/mol. The first-order chi connectivity index (χ1) is 10.5. The number of H-pyrrole nitrogens is 1. The summed E-state index contributed by atoms with van der Waals surface area (Å²) >= 11 is 1.41. The Morgan fingerprint density at radius 2 is 1.77 bits per heavy atom. The average Bonchev–Trinajstić information content (AvgIpc) is 2.96. The summed E-state index contributed by atoms with van der Waals surface area (Å²) in [4.78, 5) is 17.4. The van der Waals surface area contributed by atoms with Crippen molar-refractivity contribution in [2.24, 2.45) is 0 Å². The molecule has 0 fully saturated rings. The summed E-state index contributed by atoms with van der Waals surface area (Å²) in [6.07, 6.45) is 5.22. The van der Waals surface area contributed by atoms with Gasteiger partial charge >= 0.3 is 0 Å². The van der Waals surface area contributed by atoms with Gasteiger partial charge in [-0.05, 0) is 30.0 Å². The second kappa shape index (κ2) is 5.84. The van der Waals surface area contributed by atoms with Crippen LogP contribution < -0.4 is 0 Å². The lowest BCUT2D eigenvalue weighted by molar-refractivity contribution is 0.538. The first kappa shape index (κ1) is 14.6. The fourth-order valence-corrected chi connectivity index (χ4v) is 2.46. The number of pyridine rings is 1. The zero-order valence-electron chi connectivity index (χ0n) is 12.6. The van der Waals surface area contributed by atoms with Gasteiger partial charge in [-0.15, -0.1) is 5.10 Å². The first-order valence-corrected chi connectivity index (χ1v) is 7.68. The molecule has 3 heterocycles. The van der Waals surface area contributed by atoms with Crippen molar-refractivity contribution >= 4 is 11.8 Å². The predicted octanol–water partition coefficient (Wildman–Crippen LogP) is 3.11. The molecule has 0 aliphatic rings. The Bertz CT molecular complexity index is 763. The second-order valence-electron chi connectivity index (χ2n) is 5.77. The number of nitrogens with one attached hydrogen (secondary N) is 1. The van der Waals surface area contributed by atoms with E-state index in [0.717, 1.165) is 22.2 Å². The third-order valence-electron chi connectivity index (χ3n) is 2.92. The van der Waals surface area contributed by atoms with E-state index in [1.165, 1.54) is 11.8 Å². The number of aromatic nitrogens is 6. The van der Waals surface area contributed by atoms with Crippen LogP contribution in [0.2, 0.25) is 0 Å². The molecular weight excluding hydrogens is 296 g/mol. The molecule has 0 amide bonds. The summed E-state index contributed by atoms with van der Waals surface area (Å²) in [6.45, 7) is 6.27. The quantitative estimate of drug-likeness (QED) is 0.749. The molecule has 1 N–H and O–H groups in total. The van der Waals surface area contributed by atoms with Gasteiger partial charge < -0.3 is 0 Å². The van der Waals surface area contributed by atoms with Gasteiger partial charge in [0.05, 0.1) is 0 Å². The van der Waals surface area contributed by atoms with E-state index in [0.29, 0.717) is 5.16 Å². The van der Waals surface area contributed by atoms with Gasteiger partial charge in [0.25, 0.3) is 0 Å². The van der Waals surface area contributed by atoms with Gasteiger partial charge in [-0.1, -0.05) is 20.8 Å². The molecule has 0 unspecified atom stereocenters. The molecule has 0 aromatic carbocycles. The lowest BCUT2D eigenvalue weighted by Crippen LogP contribution is -2.15. The highest BCUT2D eigenvalue weighted by molar-refractivity contribution is 7.99. The highest BCUT2D eigenvalue weighted by Gasteiger charge is 2.18. The number of aromatic amines is 1. The molecule has 3 aromatic heterocycles. The lowest BCUT2D eigenvalue weighted by atomic mass is 9.96. The van der Waals surface area contributed by atoms with E-state index in [-0.39, 0.29) is 5.41 Å². The normalized spacial score (nSPS) is 11.6. The zero-order chi connectivity index (χ0) is 15.6. The number of hydrogen-bond donors (Lipinski definition) is 1. The molecule has 3 rings (SSSR count). The lowest BCUT2D eigenvalue weighted by Gasteiger charge is -2.16. The molecule has 3 aromatic rings. The largest absolute Gasteiger partial charge is 0.265 e. The molecule has 0 atom stereocenters. The minimum absolute atomic E-state index is 0.0855. The highest BCUT2D eigenvalue weighted by Crippen LogP contribution is 2.26. The maximum atomic E-state index is 4.57. The predicted molar refractivity (Wildman–Crippen MR) is 84.5 cm³/mol. The van der Waals surface area contributed by atoms with Crippen molar-refractivity contribution in [3.63, 3.8) is 0 Å². The Morgan fingerprint density at radius 1 is 1.00 bits per heavy atom. The minimum Gasteiger partial charge on any atom is -0.265 e. The standard InChI is InChI=1S/C15H16N6S/c1-15(2,3)13-17-9-6-11(18-13)22-14-19-12(20-21-14)10-4-7-16-8-5-10/h4-9H,1-3H3,(H,19,20,21). The van der Waals surface area contributed by atoms with E-state index in [9.17, 15) is 0 Å². The fraction of sp³-hybridized carbons (Fsp3) is 0.267. The SMILES string of the molecule is CC(C)(C)c1nccc(Sc2n[nH]c(-c3ccncc3)n2)n1. The second-order valence-corrected chi connectivity index (χ2v) is 6.76. The summed E-state index contributed by atoms with van der Waals surface area (Å²) in [5, 5.41) is 8.62. The van der Waals surface area contributed by atoms with Gasteiger partial charge in [0.2, 0.25) is 5.16 Å². The Morgan fingerprint density at radius 3 is 2.50 bits per heavy atom. The van der Waals surface area contributed by atoms with Crippen molar-refractivity contribution in [3.05, 3.63) is 42.6 Å². The van der Waals surface area contributed by atoms with Crippen molar-refractivity contribution in [2.45, 2.75) is 36.4 Å². The number of rotatable bonds is 3. The summed E-state index contributed by atoms with van der Waals surface area (Å²) < 4.78 is 0. The van der Waals surface area contributed by atoms with Gasteiger partial charge in [-0.25, -0.2) is 15.0 Å². The molecule has 0 radical (unpaired) electrons. The summed E-state index contributed by atoms with van der Waals surface area (Å²) in [5.74, 6) is 1.53.